The molecule has 1 aromatic carbocycles. The van der Waals surface area contributed by atoms with Gasteiger partial charge in [0.1, 0.15) is 17.5 Å². The van der Waals surface area contributed by atoms with E-state index in [1.807, 2.05) is 13.0 Å². The minimum Gasteiger partial charge on any atom is -0.454 e. The van der Waals surface area contributed by atoms with Crippen LogP contribution in [0.25, 0.3) is 0 Å². The third kappa shape index (κ3) is 2.21. The van der Waals surface area contributed by atoms with Crippen molar-refractivity contribution in [3.05, 3.63) is 46.7 Å². The number of hydrogen-bond acceptors (Lipinski definition) is 4. The Morgan fingerprint density at radius 3 is 2.90 bits per heavy atom. The van der Waals surface area contributed by atoms with E-state index in [-0.39, 0.29) is 5.91 Å². The van der Waals surface area contributed by atoms with Gasteiger partial charge in [0.2, 0.25) is 5.91 Å². The number of hydrogen-bond donors (Lipinski definition) is 2. The molecule has 0 bridgehead atoms. The lowest BCUT2D eigenvalue weighted by Crippen LogP contribution is -2.19. The molecule has 0 saturated carbocycles. The molecular weight excluding hydrogens is 278 g/mol. The lowest BCUT2D eigenvalue weighted by molar-refractivity contribution is -0.116. The number of aryl methyl sites for hydroxylation is 1. The van der Waals surface area contributed by atoms with Gasteiger partial charge in [-0.25, -0.2) is 0 Å². The first kappa shape index (κ1) is 12.9. The maximum Gasteiger partial charge on any atom is 0.245 e. The maximum absolute atomic E-state index is 11.5. The molecule has 1 atom stereocenters. The van der Waals surface area contributed by atoms with Gasteiger partial charge in [0.25, 0.3) is 0 Å². The van der Waals surface area contributed by atoms with Crippen LogP contribution in [0.3, 0.4) is 0 Å². The number of nitrogens with two attached hydrogens (primary N) is 1. The Balaban J connectivity index is 1.94. The Morgan fingerprint density at radius 2 is 2.20 bits per heavy atom. The number of nitrogens with one attached hydrogen (secondary N) is 1. The van der Waals surface area contributed by atoms with Gasteiger partial charge in [-0.15, -0.1) is 0 Å². The Hall–Kier alpha value is -2.11. The van der Waals surface area contributed by atoms with Crippen LogP contribution in [-0.2, 0) is 4.79 Å². The molecule has 3 N–H and O–H groups in total. The molecule has 0 radical (unpaired) electrons. The number of fused-ring (bicyclic) bond motifs is 1. The van der Waals surface area contributed by atoms with Crippen molar-refractivity contribution in [1.82, 2.24) is 4.98 Å². The monoisotopic (exact) mass is 289 g/mol. The summed E-state index contributed by atoms with van der Waals surface area (Å²) in [6.07, 6.45) is 1.61. The number of benzene rings is 1. The van der Waals surface area contributed by atoms with Gasteiger partial charge in [0.05, 0.1) is 11.2 Å². The number of pyridine rings is 1. The summed E-state index contributed by atoms with van der Waals surface area (Å²) < 4.78 is 5.67. The molecule has 1 amide bonds. The Morgan fingerprint density at radius 1 is 1.40 bits per heavy atom. The van der Waals surface area contributed by atoms with Crippen molar-refractivity contribution in [2.45, 2.75) is 13.0 Å². The second-order valence-corrected chi connectivity index (χ2v) is 4.98. The van der Waals surface area contributed by atoms with Crippen LogP contribution in [0.5, 0.6) is 11.5 Å². The average Bonchev–Trinajstić information content (AvgIpc) is 2.69. The Kier molecular flexibility index (Phi) is 3.08. The van der Waals surface area contributed by atoms with Crippen LogP contribution in [0.1, 0.15) is 17.3 Å². The molecular formula is C14H12ClN3O2. The van der Waals surface area contributed by atoms with Crippen molar-refractivity contribution < 1.29 is 9.53 Å². The fraction of sp³-hybridized carbons (Fsp3) is 0.143. The van der Waals surface area contributed by atoms with E-state index in [4.69, 9.17) is 22.1 Å². The van der Waals surface area contributed by atoms with Gasteiger partial charge in [0, 0.05) is 23.0 Å². The minimum atomic E-state index is -0.683. The van der Waals surface area contributed by atoms with Crippen molar-refractivity contribution in [1.29, 1.82) is 0 Å². The fourth-order valence-electron chi connectivity index (χ4n) is 2.01. The van der Waals surface area contributed by atoms with Gasteiger partial charge in [-0.1, -0.05) is 11.6 Å². The van der Waals surface area contributed by atoms with Crippen molar-refractivity contribution in [3.63, 3.8) is 0 Å². The van der Waals surface area contributed by atoms with Crippen molar-refractivity contribution in [2.24, 2.45) is 5.73 Å². The molecule has 1 unspecified atom stereocenters. The third-order valence-electron chi connectivity index (χ3n) is 3.09. The molecule has 1 aromatic heterocycles. The van der Waals surface area contributed by atoms with E-state index in [2.05, 4.69) is 10.3 Å². The lowest BCUT2D eigenvalue weighted by Gasteiger charge is -2.10. The molecule has 2 heterocycles. The molecule has 3 rings (SSSR count). The van der Waals surface area contributed by atoms with E-state index in [9.17, 15) is 4.79 Å². The van der Waals surface area contributed by atoms with Crippen LogP contribution in [0.4, 0.5) is 5.69 Å². The standard InChI is InChI=1S/C14H12ClN3O2/c1-7-2-3-8(6-17-7)20-12-5-11-9(4-10(12)15)13(16)14(19)18-11/h2-6,13H,16H2,1H3,(H,18,19). The number of nitrogens with zero attached hydrogens (tertiary/aromatic N) is 1. The van der Waals surface area contributed by atoms with E-state index < -0.39 is 6.04 Å². The van der Waals surface area contributed by atoms with Gasteiger partial charge >= 0.3 is 0 Å². The van der Waals surface area contributed by atoms with Gasteiger partial charge in [-0.05, 0) is 25.1 Å². The normalized spacial score (nSPS) is 16.8. The van der Waals surface area contributed by atoms with E-state index in [0.717, 1.165) is 5.69 Å². The maximum atomic E-state index is 11.5. The molecule has 0 fully saturated rings. The minimum absolute atomic E-state index is 0.245. The molecule has 1 aliphatic rings. The summed E-state index contributed by atoms with van der Waals surface area (Å²) in [6.45, 7) is 1.89. The SMILES string of the molecule is Cc1ccc(Oc2cc3c(cc2Cl)C(N)C(=O)N3)cn1. The number of ether oxygens (including phenoxy) is 1. The van der Waals surface area contributed by atoms with Crippen LogP contribution >= 0.6 is 11.6 Å². The van der Waals surface area contributed by atoms with Crippen LogP contribution in [0.15, 0.2) is 30.5 Å². The van der Waals surface area contributed by atoms with Crippen LogP contribution < -0.4 is 15.8 Å². The number of anilines is 1. The highest BCUT2D eigenvalue weighted by Gasteiger charge is 2.28. The van der Waals surface area contributed by atoms with E-state index in [1.54, 1.807) is 24.4 Å². The van der Waals surface area contributed by atoms with Crippen LogP contribution in [0, 0.1) is 6.92 Å². The summed E-state index contributed by atoms with van der Waals surface area (Å²) in [5, 5.41) is 3.09. The first-order valence-corrected chi connectivity index (χ1v) is 6.43. The number of rotatable bonds is 2. The topological polar surface area (TPSA) is 77.2 Å². The number of halogens is 1. The van der Waals surface area contributed by atoms with Gasteiger partial charge < -0.3 is 15.8 Å². The summed E-state index contributed by atoms with van der Waals surface area (Å²) in [7, 11) is 0. The summed E-state index contributed by atoms with van der Waals surface area (Å²) >= 11 is 6.16. The number of aromatic nitrogens is 1. The van der Waals surface area contributed by atoms with Gasteiger partial charge in [-0.3, -0.25) is 9.78 Å². The molecule has 1 aliphatic heterocycles. The largest absolute Gasteiger partial charge is 0.454 e. The molecule has 0 saturated heterocycles. The fourth-order valence-corrected chi connectivity index (χ4v) is 2.22. The molecule has 6 heteroatoms. The quantitative estimate of drug-likeness (QED) is 0.891. The Labute approximate surface area is 120 Å². The summed E-state index contributed by atoms with van der Waals surface area (Å²) in [4.78, 5) is 15.7. The van der Waals surface area contributed by atoms with E-state index >= 15 is 0 Å². The third-order valence-corrected chi connectivity index (χ3v) is 3.39. The first-order chi connectivity index (χ1) is 9.54. The first-order valence-electron chi connectivity index (χ1n) is 6.05. The van der Waals surface area contributed by atoms with E-state index in [1.165, 1.54) is 0 Å². The molecule has 2 aromatic rings. The highest BCUT2D eigenvalue weighted by Crippen LogP contribution is 2.39. The predicted octanol–water partition coefficient (Wildman–Crippen LogP) is 2.79. The van der Waals surface area contributed by atoms with Crippen molar-refractivity contribution in [2.75, 3.05) is 5.32 Å². The summed E-state index contributed by atoms with van der Waals surface area (Å²) in [5.41, 5.74) is 7.96. The molecule has 20 heavy (non-hydrogen) atoms. The van der Waals surface area contributed by atoms with Crippen LogP contribution in [0.2, 0.25) is 5.02 Å². The molecule has 0 aliphatic carbocycles. The second kappa shape index (κ2) is 4.77. The molecule has 102 valence electrons. The number of carbonyl (C=O) groups excluding carboxylic acids is 1. The van der Waals surface area contributed by atoms with Gasteiger partial charge in [0.15, 0.2) is 0 Å². The highest BCUT2D eigenvalue weighted by molar-refractivity contribution is 6.32. The summed E-state index contributed by atoms with van der Waals surface area (Å²) in [6, 6.07) is 6.28. The zero-order chi connectivity index (χ0) is 14.3. The molecule has 5 nitrogen and oxygen atoms in total. The average molecular weight is 290 g/mol. The zero-order valence-electron chi connectivity index (χ0n) is 10.7. The zero-order valence-corrected chi connectivity index (χ0v) is 11.4. The smallest absolute Gasteiger partial charge is 0.245 e. The van der Waals surface area contributed by atoms with Gasteiger partial charge in [-0.2, -0.15) is 0 Å². The second-order valence-electron chi connectivity index (χ2n) is 4.57. The molecule has 0 spiro atoms. The Bertz CT molecular complexity index is 686. The lowest BCUT2D eigenvalue weighted by atomic mass is 10.1. The highest BCUT2D eigenvalue weighted by atomic mass is 35.5. The van der Waals surface area contributed by atoms with Crippen molar-refractivity contribution >= 4 is 23.2 Å². The van der Waals surface area contributed by atoms with Crippen LogP contribution in [-0.4, -0.2) is 10.9 Å². The van der Waals surface area contributed by atoms with E-state index in [0.29, 0.717) is 27.8 Å². The number of carbonyl (C=O) groups is 1. The summed E-state index contributed by atoms with van der Waals surface area (Å²) in [5.74, 6) is 0.779. The van der Waals surface area contributed by atoms with Crippen molar-refractivity contribution in [3.8, 4) is 11.5 Å². The predicted molar refractivity (Wildman–Crippen MR) is 76.1 cm³/mol. The number of amides is 1.